The van der Waals surface area contributed by atoms with E-state index in [0.717, 1.165) is 11.4 Å². The SMILES string of the molecule is Cc1nc(C)c(N=[N+]=[N-])nc1C. The van der Waals surface area contributed by atoms with Crippen molar-refractivity contribution < 1.29 is 0 Å². The van der Waals surface area contributed by atoms with Crippen molar-refractivity contribution in [2.45, 2.75) is 20.8 Å². The number of aromatic nitrogens is 2. The van der Waals surface area contributed by atoms with Crippen molar-refractivity contribution >= 4 is 5.82 Å². The van der Waals surface area contributed by atoms with Gasteiger partial charge in [0.15, 0.2) is 0 Å². The van der Waals surface area contributed by atoms with Crippen molar-refractivity contribution in [1.82, 2.24) is 9.97 Å². The van der Waals surface area contributed by atoms with Crippen molar-refractivity contribution in [1.29, 1.82) is 0 Å². The molecule has 62 valence electrons. The molecule has 1 rings (SSSR count). The summed E-state index contributed by atoms with van der Waals surface area (Å²) in [6, 6.07) is 0. The molecule has 0 saturated heterocycles. The molecule has 0 atom stereocenters. The van der Waals surface area contributed by atoms with Gasteiger partial charge in [-0.25, -0.2) is 4.98 Å². The van der Waals surface area contributed by atoms with E-state index in [1.54, 1.807) is 6.92 Å². The van der Waals surface area contributed by atoms with E-state index in [-0.39, 0.29) is 0 Å². The minimum absolute atomic E-state index is 0.362. The van der Waals surface area contributed by atoms with Crippen molar-refractivity contribution in [3.8, 4) is 0 Å². The van der Waals surface area contributed by atoms with Crippen molar-refractivity contribution in [2.24, 2.45) is 5.11 Å². The first kappa shape index (κ1) is 8.49. The predicted molar refractivity (Wildman–Crippen MR) is 45.0 cm³/mol. The quantitative estimate of drug-likeness (QED) is 0.362. The Kier molecular flexibility index (Phi) is 2.26. The second kappa shape index (κ2) is 3.19. The zero-order valence-corrected chi connectivity index (χ0v) is 7.24. The average Bonchev–Trinajstić information content (AvgIpc) is 2.01. The number of rotatable bonds is 1. The van der Waals surface area contributed by atoms with Crippen LogP contribution in [-0.2, 0) is 0 Å². The van der Waals surface area contributed by atoms with Crippen molar-refractivity contribution in [3.05, 3.63) is 27.5 Å². The van der Waals surface area contributed by atoms with Gasteiger partial charge in [-0.05, 0) is 31.4 Å². The highest BCUT2D eigenvalue weighted by Crippen LogP contribution is 2.14. The van der Waals surface area contributed by atoms with Crippen molar-refractivity contribution in [3.63, 3.8) is 0 Å². The van der Waals surface area contributed by atoms with Gasteiger partial charge in [-0.2, -0.15) is 0 Å². The molecule has 0 aliphatic carbocycles. The lowest BCUT2D eigenvalue weighted by Gasteiger charge is -2.01. The summed E-state index contributed by atoms with van der Waals surface area (Å²) in [7, 11) is 0. The van der Waals surface area contributed by atoms with Gasteiger partial charge in [0, 0.05) is 4.91 Å². The molecule has 1 heterocycles. The summed E-state index contributed by atoms with van der Waals surface area (Å²) in [5, 5.41) is 3.42. The van der Waals surface area contributed by atoms with Gasteiger partial charge < -0.3 is 0 Å². The van der Waals surface area contributed by atoms with Crippen LogP contribution in [0.3, 0.4) is 0 Å². The van der Waals surface area contributed by atoms with Gasteiger partial charge in [0.05, 0.1) is 17.1 Å². The molecule has 0 aliphatic rings. The summed E-state index contributed by atoms with van der Waals surface area (Å²) in [6.45, 7) is 5.47. The molecule has 0 amide bonds. The summed E-state index contributed by atoms with van der Waals surface area (Å²) in [5.41, 5.74) is 10.5. The van der Waals surface area contributed by atoms with Crippen LogP contribution in [0.15, 0.2) is 5.11 Å². The van der Waals surface area contributed by atoms with Gasteiger partial charge in [0.2, 0.25) is 0 Å². The zero-order valence-electron chi connectivity index (χ0n) is 7.24. The number of nitrogens with zero attached hydrogens (tertiary/aromatic N) is 5. The molecule has 0 spiro atoms. The minimum atomic E-state index is 0.362. The maximum Gasteiger partial charge on any atom is 0.148 e. The Bertz CT molecular complexity index is 351. The Labute approximate surface area is 70.1 Å². The lowest BCUT2D eigenvalue weighted by Crippen LogP contribution is -1.94. The van der Waals surface area contributed by atoms with Crippen LogP contribution in [0.4, 0.5) is 5.82 Å². The molecule has 0 N–H and O–H groups in total. The minimum Gasteiger partial charge on any atom is -0.254 e. The topological polar surface area (TPSA) is 74.5 Å². The molecular formula is C7H9N5. The van der Waals surface area contributed by atoms with Gasteiger partial charge >= 0.3 is 0 Å². The van der Waals surface area contributed by atoms with Crippen LogP contribution >= 0.6 is 0 Å². The Morgan fingerprint density at radius 3 is 2.25 bits per heavy atom. The molecule has 0 unspecified atom stereocenters. The second-order valence-electron chi connectivity index (χ2n) is 2.49. The highest BCUT2D eigenvalue weighted by Gasteiger charge is 2.01. The largest absolute Gasteiger partial charge is 0.254 e. The highest BCUT2D eigenvalue weighted by molar-refractivity contribution is 5.34. The van der Waals surface area contributed by atoms with E-state index in [0.29, 0.717) is 11.5 Å². The predicted octanol–water partition coefficient (Wildman–Crippen LogP) is 2.34. The fraction of sp³-hybridized carbons (Fsp3) is 0.429. The van der Waals surface area contributed by atoms with Crippen LogP contribution in [0.1, 0.15) is 17.1 Å². The highest BCUT2D eigenvalue weighted by atomic mass is 15.2. The number of hydrogen-bond acceptors (Lipinski definition) is 3. The summed E-state index contributed by atoms with van der Waals surface area (Å²) in [5.74, 6) is 0.362. The molecular weight excluding hydrogens is 154 g/mol. The Hall–Kier alpha value is -1.61. The van der Waals surface area contributed by atoms with Crippen LogP contribution in [0.25, 0.3) is 10.4 Å². The normalized spacial score (nSPS) is 9.25. The molecule has 0 bridgehead atoms. The first-order valence-corrected chi connectivity index (χ1v) is 3.52. The number of azide groups is 1. The number of aryl methyl sites for hydroxylation is 3. The molecule has 0 aromatic carbocycles. The smallest absolute Gasteiger partial charge is 0.148 e. The molecule has 5 heteroatoms. The first-order valence-electron chi connectivity index (χ1n) is 3.52. The van der Waals surface area contributed by atoms with E-state index in [2.05, 4.69) is 20.0 Å². The zero-order chi connectivity index (χ0) is 9.14. The van der Waals surface area contributed by atoms with Crippen LogP contribution in [0.2, 0.25) is 0 Å². The van der Waals surface area contributed by atoms with Gasteiger partial charge in [-0.3, -0.25) is 4.98 Å². The molecule has 1 aromatic rings. The van der Waals surface area contributed by atoms with Crippen molar-refractivity contribution in [2.75, 3.05) is 0 Å². The summed E-state index contributed by atoms with van der Waals surface area (Å²) < 4.78 is 0. The third-order valence-corrected chi connectivity index (χ3v) is 1.60. The Morgan fingerprint density at radius 1 is 1.08 bits per heavy atom. The maximum absolute atomic E-state index is 8.19. The van der Waals surface area contributed by atoms with Crippen LogP contribution < -0.4 is 0 Å². The van der Waals surface area contributed by atoms with Gasteiger partial charge in [0.25, 0.3) is 0 Å². The Balaban J connectivity index is 3.32. The summed E-state index contributed by atoms with van der Waals surface area (Å²) in [6.07, 6.45) is 0. The van der Waals surface area contributed by atoms with E-state index in [1.807, 2.05) is 13.8 Å². The number of hydrogen-bond donors (Lipinski definition) is 0. The van der Waals surface area contributed by atoms with Gasteiger partial charge in [-0.1, -0.05) is 0 Å². The molecule has 12 heavy (non-hydrogen) atoms. The molecule has 0 aliphatic heterocycles. The third-order valence-electron chi connectivity index (χ3n) is 1.60. The van der Waals surface area contributed by atoms with Gasteiger partial charge in [0.1, 0.15) is 5.82 Å². The Morgan fingerprint density at radius 2 is 1.67 bits per heavy atom. The summed E-state index contributed by atoms with van der Waals surface area (Å²) in [4.78, 5) is 10.9. The van der Waals surface area contributed by atoms with E-state index in [1.165, 1.54) is 0 Å². The monoisotopic (exact) mass is 163 g/mol. The lowest BCUT2D eigenvalue weighted by atomic mass is 10.3. The summed E-state index contributed by atoms with van der Waals surface area (Å²) >= 11 is 0. The van der Waals surface area contributed by atoms with E-state index in [4.69, 9.17) is 5.53 Å². The van der Waals surface area contributed by atoms with E-state index in [9.17, 15) is 0 Å². The molecule has 5 nitrogen and oxygen atoms in total. The fourth-order valence-corrected chi connectivity index (χ4v) is 0.840. The van der Waals surface area contributed by atoms with Gasteiger partial charge in [-0.15, -0.1) is 0 Å². The fourth-order valence-electron chi connectivity index (χ4n) is 0.840. The molecule has 1 aromatic heterocycles. The van der Waals surface area contributed by atoms with E-state index < -0.39 is 0 Å². The average molecular weight is 163 g/mol. The third kappa shape index (κ3) is 1.52. The molecule has 0 fully saturated rings. The van der Waals surface area contributed by atoms with Crippen LogP contribution in [0, 0.1) is 20.8 Å². The molecule has 0 radical (unpaired) electrons. The maximum atomic E-state index is 8.19. The van der Waals surface area contributed by atoms with E-state index >= 15 is 0 Å². The van der Waals surface area contributed by atoms with Crippen LogP contribution in [-0.4, -0.2) is 9.97 Å². The second-order valence-corrected chi connectivity index (χ2v) is 2.49. The first-order chi connectivity index (χ1) is 5.65. The lowest BCUT2D eigenvalue weighted by molar-refractivity contribution is 0.995. The van der Waals surface area contributed by atoms with Crippen LogP contribution in [0.5, 0.6) is 0 Å². The standard InChI is InChI=1S/C7H9N5/c1-4-5(2)10-7(11-12-8)6(3)9-4/h1-3H3. The molecule has 0 saturated carbocycles.